The smallest absolute Gasteiger partial charge is 0.234 e. The van der Waals surface area contributed by atoms with Crippen LogP contribution in [-0.4, -0.2) is 38.8 Å². The minimum absolute atomic E-state index is 0.0162. The number of hydrogen-bond acceptors (Lipinski definition) is 4. The van der Waals surface area contributed by atoms with Crippen LogP contribution in [0.3, 0.4) is 0 Å². The first kappa shape index (κ1) is 25.6. The first-order valence-electron chi connectivity index (χ1n) is 10.5. The minimum Gasteiger partial charge on any atom is -0.380 e. The molecule has 0 heterocycles. The lowest BCUT2D eigenvalue weighted by atomic mass is 10.2. The van der Waals surface area contributed by atoms with Crippen molar-refractivity contribution < 1.29 is 9.53 Å². The highest BCUT2D eigenvalue weighted by molar-refractivity contribution is 5.77. The summed E-state index contributed by atoms with van der Waals surface area (Å²) in [6, 6.07) is 10.1. The molecule has 4 N–H and O–H groups in total. The van der Waals surface area contributed by atoms with Crippen molar-refractivity contribution in [3.05, 3.63) is 35.9 Å². The molecule has 1 rings (SSSR count). The predicted octanol–water partition coefficient (Wildman–Crippen LogP) is 3.62. The highest BCUT2D eigenvalue weighted by Crippen LogP contribution is 2.02. The van der Waals surface area contributed by atoms with E-state index in [1.165, 1.54) is 44.1 Å². The molecule has 0 saturated carbocycles. The average molecular weight is 380 g/mol. The molecular weight excluding hydrogens is 338 g/mol. The largest absolute Gasteiger partial charge is 0.380 e. The maximum absolute atomic E-state index is 11.6. The van der Waals surface area contributed by atoms with Gasteiger partial charge in [-0.15, -0.1) is 0 Å². The molecule has 0 aliphatic carbocycles. The van der Waals surface area contributed by atoms with Crippen molar-refractivity contribution in [3.63, 3.8) is 0 Å². The lowest BCUT2D eigenvalue weighted by Gasteiger charge is -2.07. The standard InChI is InChI=1S/C18H30N2O2.C4H11N/c1-2-3-4-5-9-13-22-14-12-20-18(21)16-19-15-17-10-7-6-8-11-17;1-2-3-4-5/h6-8,10-11,19H,2-5,9,12-16H2,1H3,(H,20,21);2-5H2,1H3. The zero-order valence-electron chi connectivity index (χ0n) is 17.5. The second kappa shape index (κ2) is 20.9. The van der Waals surface area contributed by atoms with Crippen LogP contribution >= 0.6 is 0 Å². The summed E-state index contributed by atoms with van der Waals surface area (Å²) in [6.07, 6.45) is 8.62. The number of ether oxygens (including phenoxy) is 1. The van der Waals surface area contributed by atoms with Gasteiger partial charge in [0.2, 0.25) is 5.91 Å². The van der Waals surface area contributed by atoms with Crippen LogP contribution in [0.4, 0.5) is 0 Å². The number of unbranched alkanes of at least 4 members (excludes halogenated alkanes) is 5. The van der Waals surface area contributed by atoms with E-state index in [0.717, 1.165) is 19.6 Å². The van der Waals surface area contributed by atoms with E-state index >= 15 is 0 Å². The van der Waals surface area contributed by atoms with Crippen molar-refractivity contribution in [1.29, 1.82) is 0 Å². The van der Waals surface area contributed by atoms with Crippen LogP contribution in [-0.2, 0) is 16.1 Å². The molecule has 0 aliphatic heterocycles. The summed E-state index contributed by atoms with van der Waals surface area (Å²) in [4.78, 5) is 11.6. The van der Waals surface area contributed by atoms with Gasteiger partial charge in [-0.25, -0.2) is 0 Å². The van der Waals surface area contributed by atoms with Gasteiger partial charge in [0.1, 0.15) is 0 Å². The summed E-state index contributed by atoms with van der Waals surface area (Å²) in [7, 11) is 0. The SMILES string of the molecule is CCCCCCCOCCNC(=O)CNCc1ccccc1.CCCCN. The maximum atomic E-state index is 11.6. The van der Waals surface area contributed by atoms with Crippen molar-refractivity contribution in [2.24, 2.45) is 5.73 Å². The van der Waals surface area contributed by atoms with Crippen molar-refractivity contribution >= 4 is 5.91 Å². The van der Waals surface area contributed by atoms with Crippen molar-refractivity contribution in [2.45, 2.75) is 65.3 Å². The molecule has 0 aliphatic rings. The Balaban J connectivity index is 0.00000119. The van der Waals surface area contributed by atoms with E-state index in [2.05, 4.69) is 24.5 Å². The minimum atomic E-state index is 0.0162. The van der Waals surface area contributed by atoms with Gasteiger partial charge >= 0.3 is 0 Å². The van der Waals surface area contributed by atoms with E-state index in [4.69, 9.17) is 10.5 Å². The molecule has 0 bridgehead atoms. The van der Waals surface area contributed by atoms with Gasteiger partial charge in [0.25, 0.3) is 0 Å². The second-order valence-corrected chi connectivity index (χ2v) is 6.61. The molecule has 27 heavy (non-hydrogen) atoms. The fourth-order valence-electron chi connectivity index (χ4n) is 2.36. The molecule has 0 unspecified atom stereocenters. The van der Waals surface area contributed by atoms with E-state index in [9.17, 15) is 4.79 Å². The fourth-order valence-corrected chi connectivity index (χ4v) is 2.36. The first-order chi connectivity index (χ1) is 13.2. The zero-order chi connectivity index (χ0) is 20.0. The molecular formula is C22H41N3O2. The molecule has 0 fully saturated rings. The average Bonchev–Trinajstić information content (AvgIpc) is 2.69. The Bertz CT molecular complexity index is 425. The van der Waals surface area contributed by atoms with Gasteiger partial charge < -0.3 is 21.1 Å². The summed E-state index contributed by atoms with van der Waals surface area (Å²) >= 11 is 0. The number of nitrogens with two attached hydrogens (primary N) is 1. The Kier molecular flexibility index (Phi) is 19.8. The van der Waals surface area contributed by atoms with Crippen LogP contribution in [0.5, 0.6) is 0 Å². The number of hydrogen-bond donors (Lipinski definition) is 3. The van der Waals surface area contributed by atoms with Crippen molar-refractivity contribution in [3.8, 4) is 0 Å². The number of carbonyl (C=O) groups is 1. The molecule has 1 amide bonds. The lowest BCUT2D eigenvalue weighted by Crippen LogP contribution is -2.35. The Morgan fingerprint density at radius 3 is 2.30 bits per heavy atom. The number of carbonyl (C=O) groups excluding carboxylic acids is 1. The number of rotatable bonds is 15. The van der Waals surface area contributed by atoms with Crippen LogP contribution in [0.15, 0.2) is 30.3 Å². The van der Waals surface area contributed by atoms with Gasteiger partial charge in [0.05, 0.1) is 13.2 Å². The van der Waals surface area contributed by atoms with Gasteiger partial charge in [-0.3, -0.25) is 4.79 Å². The molecule has 5 nitrogen and oxygen atoms in total. The summed E-state index contributed by atoms with van der Waals surface area (Å²) in [5, 5.41) is 5.98. The van der Waals surface area contributed by atoms with Crippen LogP contribution in [0.2, 0.25) is 0 Å². The molecule has 1 aromatic rings. The van der Waals surface area contributed by atoms with Gasteiger partial charge in [0, 0.05) is 19.7 Å². The normalized spacial score (nSPS) is 10.2. The third kappa shape index (κ3) is 19.1. The molecule has 0 aromatic heterocycles. The van der Waals surface area contributed by atoms with Crippen molar-refractivity contribution in [1.82, 2.24) is 10.6 Å². The van der Waals surface area contributed by atoms with Crippen molar-refractivity contribution in [2.75, 3.05) is 32.8 Å². The van der Waals surface area contributed by atoms with E-state index < -0.39 is 0 Å². The fraction of sp³-hybridized carbons (Fsp3) is 0.682. The number of nitrogens with one attached hydrogen (secondary N) is 2. The van der Waals surface area contributed by atoms with E-state index in [0.29, 0.717) is 26.2 Å². The Morgan fingerprint density at radius 1 is 0.963 bits per heavy atom. The predicted molar refractivity (Wildman–Crippen MR) is 115 cm³/mol. The second-order valence-electron chi connectivity index (χ2n) is 6.61. The van der Waals surface area contributed by atoms with E-state index in [-0.39, 0.29) is 5.91 Å². The highest BCUT2D eigenvalue weighted by atomic mass is 16.5. The Morgan fingerprint density at radius 2 is 1.67 bits per heavy atom. The van der Waals surface area contributed by atoms with Gasteiger partial charge in [-0.1, -0.05) is 76.3 Å². The molecule has 5 heteroatoms. The van der Waals surface area contributed by atoms with E-state index in [1.54, 1.807) is 0 Å². The maximum Gasteiger partial charge on any atom is 0.234 e. The number of benzene rings is 1. The monoisotopic (exact) mass is 379 g/mol. The van der Waals surface area contributed by atoms with Crippen LogP contribution in [0, 0.1) is 0 Å². The van der Waals surface area contributed by atoms with Gasteiger partial charge in [-0.2, -0.15) is 0 Å². The quantitative estimate of drug-likeness (QED) is 0.407. The van der Waals surface area contributed by atoms with Crippen LogP contribution < -0.4 is 16.4 Å². The zero-order valence-corrected chi connectivity index (χ0v) is 17.5. The topological polar surface area (TPSA) is 76.4 Å². The van der Waals surface area contributed by atoms with Gasteiger partial charge in [0.15, 0.2) is 0 Å². The summed E-state index contributed by atoms with van der Waals surface area (Å²) in [6.45, 7) is 8.22. The third-order valence-corrected chi connectivity index (χ3v) is 3.98. The lowest BCUT2D eigenvalue weighted by molar-refractivity contribution is -0.120. The molecule has 156 valence electrons. The first-order valence-corrected chi connectivity index (χ1v) is 10.5. The molecule has 0 saturated heterocycles. The van der Waals surface area contributed by atoms with Gasteiger partial charge in [-0.05, 0) is 24.9 Å². The Hall–Kier alpha value is -1.43. The highest BCUT2D eigenvalue weighted by Gasteiger charge is 2.00. The molecule has 0 atom stereocenters. The van der Waals surface area contributed by atoms with Crippen LogP contribution in [0.25, 0.3) is 0 Å². The Labute approximate surface area is 166 Å². The van der Waals surface area contributed by atoms with Crippen LogP contribution in [0.1, 0.15) is 64.4 Å². The summed E-state index contributed by atoms with van der Waals surface area (Å²) in [5.41, 5.74) is 6.32. The number of amides is 1. The van der Waals surface area contributed by atoms with E-state index in [1.807, 2.05) is 30.3 Å². The summed E-state index contributed by atoms with van der Waals surface area (Å²) in [5.74, 6) is 0.0162. The summed E-state index contributed by atoms with van der Waals surface area (Å²) < 4.78 is 5.50. The molecule has 1 aromatic carbocycles. The third-order valence-electron chi connectivity index (χ3n) is 3.98. The molecule has 0 spiro atoms. The molecule has 0 radical (unpaired) electrons.